The molecule has 1 aromatic rings. The number of carboxylic acids is 1. The van der Waals surface area contributed by atoms with Crippen molar-refractivity contribution in [1.29, 1.82) is 0 Å². The maximum absolute atomic E-state index is 11.6. The minimum Gasteiger partial charge on any atom is -0.503 e. The van der Waals surface area contributed by atoms with Crippen LogP contribution in [-0.4, -0.2) is 39.2 Å². The molecular weight excluding hydrogens is 272 g/mol. The van der Waals surface area contributed by atoms with Crippen LogP contribution in [0.1, 0.15) is 44.8 Å². The number of aromatic hydroxyl groups is 1. The molecule has 0 spiro atoms. The van der Waals surface area contributed by atoms with Crippen LogP contribution in [0, 0.1) is 0 Å². The van der Waals surface area contributed by atoms with Crippen molar-refractivity contribution in [3.8, 4) is 5.75 Å². The van der Waals surface area contributed by atoms with Gasteiger partial charge in [0.05, 0.1) is 6.20 Å². The standard InChI is InChI=1S/C15H24N2O4/c1-4-6-7-16(3)9-11-8-13(18)14(19)10-17(11)12(5-2)15(20)21/h8,10,12,19H,4-7,9H2,1-3H3,(H,20,21). The van der Waals surface area contributed by atoms with E-state index in [1.54, 1.807) is 6.92 Å². The summed E-state index contributed by atoms with van der Waals surface area (Å²) in [5, 5.41) is 18.9. The Hall–Kier alpha value is -1.82. The van der Waals surface area contributed by atoms with Gasteiger partial charge in [0.2, 0.25) is 5.43 Å². The SMILES string of the molecule is CCCCN(C)Cc1cc(=O)c(O)cn1C(CC)C(=O)O. The first-order chi connectivity index (χ1) is 9.90. The Morgan fingerprint density at radius 2 is 2.10 bits per heavy atom. The molecule has 0 radical (unpaired) electrons. The third-order valence-corrected chi connectivity index (χ3v) is 3.48. The molecule has 21 heavy (non-hydrogen) atoms. The minimum absolute atomic E-state index is 0.378. The predicted molar refractivity (Wildman–Crippen MR) is 80.6 cm³/mol. The molecule has 1 heterocycles. The van der Waals surface area contributed by atoms with Gasteiger partial charge in [0, 0.05) is 18.3 Å². The van der Waals surface area contributed by atoms with Crippen LogP contribution in [0.2, 0.25) is 0 Å². The molecule has 2 N–H and O–H groups in total. The average molecular weight is 296 g/mol. The molecule has 1 rings (SSSR count). The van der Waals surface area contributed by atoms with Gasteiger partial charge in [-0.15, -0.1) is 0 Å². The number of hydrogen-bond donors (Lipinski definition) is 2. The van der Waals surface area contributed by atoms with Crippen molar-refractivity contribution in [2.75, 3.05) is 13.6 Å². The van der Waals surface area contributed by atoms with E-state index >= 15 is 0 Å². The molecule has 1 atom stereocenters. The summed E-state index contributed by atoms with van der Waals surface area (Å²) >= 11 is 0. The number of unbranched alkanes of at least 4 members (excludes halogenated alkanes) is 1. The van der Waals surface area contributed by atoms with Crippen LogP contribution < -0.4 is 5.43 Å². The fourth-order valence-electron chi connectivity index (χ4n) is 2.27. The zero-order valence-electron chi connectivity index (χ0n) is 12.9. The molecule has 0 amide bonds. The molecule has 118 valence electrons. The molecule has 0 aliphatic rings. The van der Waals surface area contributed by atoms with E-state index < -0.39 is 23.2 Å². The molecule has 0 aliphatic carbocycles. The molecular formula is C15H24N2O4. The van der Waals surface area contributed by atoms with E-state index in [0.717, 1.165) is 19.4 Å². The van der Waals surface area contributed by atoms with E-state index in [9.17, 15) is 19.8 Å². The lowest BCUT2D eigenvalue weighted by Gasteiger charge is -2.23. The van der Waals surface area contributed by atoms with Gasteiger partial charge in [-0.2, -0.15) is 0 Å². The zero-order chi connectivity index (χ0) is 16.0. The highest BCUT2D eigenvalue weighted by molar-refractivity contribution is 5.72. The highest BCUT2D eigenvalue weighted by atomic mass is 16.4. The summed E-state index contributed by atoms with van der Waals surface area (Å²) in [4.78, 5) is 25.0. The molecule has 0 saturated heterocycles. The summed E-state index contributed by atoms with van der Waals surface area (Å²) < 4.78 is 1.49. The van der Waals surface area contributed by atoms with E-state index in [1.165, 1.54) is 16.8 Å². The van der Waals surface area contributed by atoms with E-state index in [0.29, 0.717) is 18.7 Å². The van der Waals surface area contributed by atoms with Crippen molar-refractivity contribution >= 4 is 5.97 Å². The smallest absolute Gasteiger partial charge is 0.326 e. The van der Waals surface area contributed by atoms with Crippen LogP contribution in [0.4, 0.5) is 0 Å². The van der Waals surface area contributed by atoms with Gasteiger partial charge in [0.25, 0.3) is 0 Å². The summed E-state index contributed by atoms with van der Waals surface area (Å²) in [6.45, 7) is 5.20. The van der Waals surface area contributed by atoms with Crippen LogP contribution in [0.5, 0.6) is 5.75 Å². The Kier molecular flexibility index (Phi) is 6.42. The monoisotopic (exact) mass is 296 g/mol. The molecule has 0 aliphatic heterocycles. The number of pyridine rings is 1. The lowest BCUT2D eigenvalue weighted by molar-refractivity contribution is -0.141. The molecule has 6 heteroatoms. The second kappa shape index (κ2) is 7.83. The van der Waals surface area contributed by atoms with Crippen molar-refractivity contribution in [3.05, 3.63) is 28.2 Å². The van der Waals surface area contributed by atoms with E-state index in [4.69, 9.17) is 0 Å². The highest BCUT2D eigenvalue weighted by Crippen LogP contribution is 2.18. The summed E-state index contributed by atoms with van der Waals surface area (Å²) in [5.74, 6) is -1.40. The quantitative estimate of drug-likeness (QED) is 0.764. The van der Waals surface area contributed by atoms with Gasteiger partial charge >= 0.3 is 5.97 Å². The first-order valence-electron chi connectivity index (χ1n) is 7.26. The summed E-state index contributed by atoms with van der Waals surface area (Å²) in [6, 6.07) is 0.537. The number of hydrogen-bond acceptors (Lipinski definition) is 4. The number of rotatable bonds is 8. The van der Waals surface area contributed by atoms with E-state index in [2.05, 4.69) is 6.92 Å². The van der Waals surface area contributed by atoms with Crippen LogP contribution in [0.3, 0.4) is 0 Å². The summed E-state index contributed by atoms with van der Waals surface area (Å²) in [7, 11) is 1.93. The first kappa shape index (κ1) is 17.2. The van der Waals surface area contributed by atoms with Crippen molar-refractivity contribution in [2.45, 2.75) is 45.7 Å². The Labute approximate surface area is 124 Å². The van der Waals surface area contributed by atoms with E-state index in [-0.39, 0.29) is 0 Å². The number of carboxylic acid groups (broad SMARTS) is 1. The number of aliphatic carboxylic acids is 1. The van der Waals surface area contributed by atoms with Crippen LogP contribution >= 0.6 is 0 Å². The normalized spacial score (nSPS) is 12.6. The van der Waals surface area contributed by atoms with Gasteiger partial charge in [-0.1, -0.05) is 20.3 Å². The molecule has 1 unspecified atom stereocenters. The van der Waals surface area contributed by atoms with Crippen LogP contribution in [-0.2, 0) is 11.3 Å². The van der Waals surface area contributed by atoms with Gasteiger partial charge in [-0.25, -0.2) is 4.79 Å². The third-order valence-electron chi connectivity index (χ3n) is 3.48. The second-order valence-corrected chi connectivity index (χ2v) is 5.28. The largest absolute Gasteiger partial charge is 0.503 e. The van der Waals surface area contributed by atoms with Gasteiger partial charge in [-0.05, 0) is 26.4 Å². The maximum atomic E-state index is 11.6. The highest BCUT2D eigenvalue weighted by Gasteiger charge is 2.20. The van der Waals surface area contributed by atoms with Crippen molar-refractivity contribution < 1.29 is 15.0 Å². The molecule has 0 fully saturated rings. The Bertz CT molecular complexity index is 539. The van der Waals surface area contributed by atoms with E-state index in [1.807, 2.05) is 11.9 Å². The molecule has 1 aromatic heterocycles. The number of carbonyl (C=O) groups is 1. The Balaban J connectivity index is 3.13. The van der Waals surface area contributed by atoms with Crippen molar-refractivity contribution in [1.82, 2.24) is 9.47 Å². The van der Waals surface area contributed by atoms with Gasteiger partial charge in [-0.3, -0.25) is 4.79 Å². The topological polar surface area (TPSA) is 82.8 Å². The molecule has 0 bridgehead atoms. The summed E-state index contributed by atoms with van der Waals surface area (Å²) in [6.07, 6.45) is 3.71. The van der Waals surface area contributed by atoms with Crippen molar-refractivity contribution in [2.24, 2.45) is 0 Å². The fraction of sp³-hybridized carbons (Fsp3) is 0.600. The second-order valence-electron chi connectivity index (χ2n) is 5.28. The first-order valence-corrected chi connectivity index (χ1v) is 7.26. The van der Waals surface area contributed by atoms with Crippen LogP contribution in [0.25, 0.3) is 0 Å². The predicted octanol–water partition coefficient (Wildman–Crippen LogP) is 1.82. The number of nitrogens with zero attached hydrogens (tertiary/aromatic N) is 2. The van der Waals surface area contributed by atoms with Gasteiger partial charge in [0.15, 0.2) is 5.75 Å². The molecule has 6 nitrogen and oxygen atoms in total. The third kappa shape index (κ3) is 4.60. The lowest BCUT2D eigenvalue weighted by atomic mass is 10.2. The fourth-order valence-corrected chi connectivity index (χ4v) is 2.27. The average Bonchev–Trinajstić information content (AvgIpc) is 2.42. The Morgan fingerprint density at radius 3 is 2.62 bits per heavy atom. The van der Waals surface area contributed by atoms with Crippen molar-refractivity contribution in [3.63, 3.8) is 0 Å². The minimum atomic E-state index is -0.974. The number of aromatic nitrogens is 1. The van der Waals surface area contributed by atoms with Crippen LogP contribution in [0.15, 0.2) is 17.1 Å². The van der Waals surface area contributed by atoms with Gasteiger partial charge < -0.3 is 19.7 Å². The molecule has 0 saturated carbocycles. The zero-order valence-corrected chi connectivity index (χ0v) is 12.9. The molecule has 0 aromatic carbocycles. The van der Waals surface area contributed by atoms with Gasteiger partial charge in [0.1, 0.15) is 6.04 Å². The Morgan fingerprint density at radius 1 is 1.43 bits per heavy atom. The lowest BCUT2D eigenvalue weighted by Crippen LogP contribution is -2.27. The maximum Gasteiger partial charge on any atom is 0.326 e. The summed E-state index contributed by atoms with van der Waals surface area (Å²) in [5.41, 5.74) is 0.121.